The Morgan fingerprint density at radius 1 is 1.11 bits per heavy atom. The quantitative estimate of drug-likeness (QED) is 0.516. The van der Waals surface area contributed by atoms with Crippen LogP contribution in [0.25, 0.3) is 0 Å². The molecule has 0 bridgehead atoms. The molecule has 3 saturated carbocycles. The second-order valence-corrected chi connectivity index (χ2v) is 11.5. The Hall–Kier alpha value is -3.10. The molecule has 3 N–H and O–H groups in total. The lowest BCUT2D eigenvalue weighted by atomic mass is 9.46. The van der Waals surface area contributed by atoms with E-state index < -0.39 is 46.9 Å². The van der Waals surface area contributed by atoms with Crippen LogP contribution in [0.3, 0.4) is 0 Å². The molecule has 5 rings (SSSR count). The SMILES string of the molecule is C[C@]12C=CC(=O)C=C1CCC1C2[C@@H](O)C[C@@]2(C)C1CC[C@]2(O)C(=O)COC(=O)c1ccccc1C(=O)O. The zero-order chi connectivity index (χ0) is 26.8. The van der Waals surface area contributed by atoms with E-state index in [0.29, 0.717) is 6.42 Å². The molecule has 3 fully saturated rings. The van der Waals surface area contributed by atoms with Gasteiger partial charge >= 0.3 is 11.9 Å². The van der Waals surface area contributed by atoms with E-state index >= 15 is 0 Å². The van der Waals surface area contributed by atoms with E-state index in [9.17, 15) is 34.5 Å². The molecule has 7 atom stereocenters. The minimum atomic E-state index is -1.79. The lowest BCUT2D eigenvalue weighted by Crippen LogP contribution is -2.61. The van der Waals surface area contributed by atoms with E-state index in [4.69, 9.17) is 4.74 Å². The van der Waals surface area contributed by atoms with Crippen molar-refractivity contribution in [3.63, 3.8) is 0 Å². The highest BCUT2D eigenvalue weighted by Gasteiger charge is 2.68. The Balaban J connectivity index is 1.36. The lowest BCUT2D eigenvalue weighted by molar-refractivity contribution is -0.178. The van der Waals surface area contributed by atoms with Gasteiger partial charge in [0, 0.05) is 16.7 Å². The number of aromatic carboxylic acids is 1. The normalized spacial score (nSPS) is 38.2. The predicted molar refractivity (Wildman–Crippen MR) is 132 cm³/mol. The third-order valence-corrected chi connectivity index (χ3v) is 9.82. The Bertz CT molecular complexity index is 1250. The summed E-state index contributed by atoms with van der Waals surface area (Å²) in [5, 5.41) is 32.5. The van der Waals surface area contributed by atoms with Gasteiger partial charge in [-0.3, -0.25) is 9.59 Å². The number of carboxylic acid groups (broad SMARTS) is 1. The number of hydrogen-bond donors (Lipinski definition) is 3. The van der Waals surface area contributed by atoms with Gasteiger partial charge in [-0.05, 0) is 68.2 Å². The fourth-order valence-corrected chi connectivity index (χ4v) is 7.96. The van der Waals surface area contributed by atoms with Crippen molar-refractivity contribution in [2.24, 2.45) is 28.6 Å². The first kappa shape index (κ1) is 25.5. The number of hydrogen-bond acceptors (Lipinski definition) is 7. The molecule has 1 aromatic carbocycles. The monoisotopic (exact) mass is 508 g/mol. The number of carboxylic acids is 1. The fourth-order valence-electron chi connectivity index (χ4n) is 7.96. The number of ether oxygens (including phenoxy) is 1. The number of aliphatic hydroxyl groups excluding tert-OH is 1. The average molecular weight is 509 g/mol. The molecular formula is C29H32O8. The maximum atomic E-state index is 13.4. The minimum Gasteiger partial charge on any atom is -0.478 e. The third-order valence-electron chi connectivity index (χ3n) is 9.82. The summed E-state index contributed by atoms with van der Waals surface area (Å²) in [6.45, 7) is 3.22. The van der Waals surface area contributed by atoms with Gasteiger partial charge in [-0.1, -0.05) is 37.6 Å². The molecule has 4 aliphatic carbocycles. The molecule has 37 heavy (non-hydrogen) atoms. The Labute approximate surface area is 215 Å². The van der Waals surface area contributed by atoms with Crippen LogP contribution in [0.5, 0.6) is 0 Å². The highest BCUT2D eigenvalue weighted by atomic mass is 16.5. The molecular weight excluding hydrogens is 476 g/mol. The molecule has 0 amide bonds. The zero-order valence-electron chi connectivity index (χ0n) is 21.0. The van der Waals surface area contributed by atoms with Crippen LogP contribution in [0.15, 0.2) is 48.1 Å². The summed E-state index contributed by atoms with van der Waals surface area (Å²) in [6.07, 6.45) is 6.85. The third kappa shape index (κ3) is 3.72. The number of allylic oxidation sites excluding steroid dienone is 4. The van der Waals surface area contributed by atoms with Crippen LogP contribution in [0.4, 0.5) is 0 Å². The number of aliphatic hydroxyl groups is 2. The van der Waals surface area contributed by atoms with Gasteiger partial charge in [0.25, 0.3) is 0 Å². The summed E-state index contributed by atoms with van der Waals surface area (Å²) >= 11 is 0. The van der Waals surface area contributed by atoms with Crippen LogP contribution >= 0.6 is 0 Å². The molecule has 0 aliphatic heterocycles. The molecule has 0 radical (unpaired) electrons. The molecule has 8 heteroatoms. The van der Waals surface area contributed by atoms with E-state index in [1.54, 1.807) is 12.2 Å². The van der Waals surface area contributed by atoms with Crippen molar-refractivity contribution in [3.05, 3.63) is 59.2 Å². The molecule has 0 heterocycles. The molecule has 0 saturated heterocycles. The zero-order valence-corrected chi connectivity index (χ0v) is 21.0. The summed E-state index contributed by atoms with van der Waals surface area (Å²) in [5.41, 5.74) is -2.52. The number of Topliss-reactive ketones (excluding diaryl/α,β-unsaturated/α-hetero) is 1. The molecule has 196 valence electrons. The van der Waals surface area contributed by atoms with E-state index in [1.807, 2.05) is 13.0 Å². The largest absolute Gasteiger partial charge is 0.478 e. The van der Waals surface area contributed by atoms with Crippen LogP contribution in [-0.2, 0) is 14.3 Å². The standard InChI is InChI=1S/C29H32O8/c1-27-11-9-17(30)13-16(27)7-8-20-21-10-12-29(36,28(21,2)14-22(31)24(20)27)23(32)15-37-26(35)19-6-4-3-5-18(19)25(33)34/h3-6,9,11,13,20-22,24,31,36H,7-8,10,12,14-15H2,1-2H3,(H,33,34)/t20?,21?,22-,24?,27-,28-,29-/m0/s1. The first-order valence-electron chi connectivity index (χ1n) is 12.8. The van der Waals surface area contributed by atoms with Crippen molar-refractivity contribution < 1.29 is 39.2 Å². The number of carbonyl (C=O) groups is 4. The van der Waals surface area contributed by atoms with E-state index in [-0.39, 0.29) is 47.5 Å². The Morgan fingerprint density at radius 3 is 2.51 bits per heavy atom. The summed E-state index contributed by atoms with van der Waals surface area (Å²) in [6, 6.07) is 5.58. The number of rotatable bonds is 5. The Kier molecular flexibility index (Phi) is 6.03. The molecule has 4 aliphatic rings. The molecule has 3 unspecified atom stereocenters. The van der Waals surface area contributed by atoms with Crippen molar-refractivity contribution in [2.45, 2.75) is 57.7 Å². The fraction of sp³-hybridized carbons (Fsp3) is 0.517. The maximum Gasteiger partial charge on any atom is 0.339 e. The minimum absolute atomic E-state index is 0.0253. The summed E-state index contributed by atoms with van der Waals surface area (Å²) in [4.78, 5) is 49.4. The van der Waals surface area contributed by atoms with Gasteiger partial charge in [0.2, 0.25) is 5.78 Å². The van der Waals surface area contributed by atoms with Gasteiger partial charge in [0.05, 0.1) is 17.2 Å². The lowest BCUT2D eigenvalue weighted by Gasteiger charge is -2.59. The van der Waals surface area contributed by atoms with Crippen molar-refractivity contribution in [2.75, 3.05) is 6.61 Å². The van der Waals surface area contributed by atoms with E-state index in [0.717, 1.165) is 18.4 Å². The van der Waals surface area contributed by atoms with Crippen molar-refractivity contribution >= 4 is 23.5 Å². The Morgan fingerprint density at radius 2 is 1.81 bits per heavy atom. The first-order valence-corrected chi connectivity index (χ1v) is 12.8. The van der Waals surface area contributed by atoms with Crippen LogP contribution in [0, 0.1) is 28.6 Å². The van der Waals surface area contributed by atoms with Gasteiger partial charge in [-0.2, -0.15) is 0 Å². The van der Waals surface area contributed by atoms with Crippen molar-refractivity contribution in [1.29, 1.82) is 0 Å². The van der Waals surface area contributed by atoms with Gasteiger partial charge < -0.3 is 20.1 Å². The van der Waals surface area contributed by atoms with Crippen LogP contribution in [0.2, 0.25) is 0 Å². The predicted octanol–water partition coefficient (Wildman–Crippen LogP) is 3.12. The summed E-state index contributed by atoms with van der Waals surface area (Å²) in [5.74, 6) is -3.01. The molecule has 1 aromatic rings. The number of esters is 1. The highest BCUT2D eigenvalue weighted by Crippen LogP contribution is 2.67. The van der Waals surface area contributed by atoms with Crippen molar-refractivity contribution in [1.82, 2.24) is 0 Å². The molecule has 0 aromatic heterocycles. The number of benzene rings is 1. The average Bonchev–Trinajstić information content (AvgIpc) is 3.13. The van der Waals surface area contributed by atoms with Crippen LogP contribution < -0.4 is 0 Å². The van der Waals surface area contributed by atoms with E-state index in [1.165, 1.54) is 24.3 Å². The number of fused-ring (bicyclic) bond motifs is 5. The van der Waals surface area contributed by atoms with Gasteiger partial charge in [0.1, 0.15) is 5.60 Å². The van der Waals surface area contributed by atoms with Gasteiger partial charge in [0.15, 0.2) is 12.4 Å². The highest BCUT2D eigenvalue weighted by molar-refractivity contribution is 6.03. The molecule has 8 nitrogen and oxygen atoms in total. The first-order chi connectivity index (χ1) is 17.4. The van der Waals surface area contributed by atoms with E-state index in [2.05, 4.69) is 6.92 Å². The second-order valence-electron chi connectivity index (χ2n) is 11.5. The van der Waals surface area contributed by atoms with Gasteiger partial charge in [-0.25, -0.2) is 9.59 Å². The second kappa shape index (κ2) is 8.74. The number of ketones is 2. The smallest absolute Gasteiger partial charge is 0.339 e. The van der Waals surface area contributed by atoms with Crippen LogP contribution in [0.1, 0.15) is 66.7 Å². The molecule has 0 spiro atoms. The maximum absolute atomic E-state index is 13.4. The van der Waals surface area contributed by atoms with Gasteiger partial charge in [-0.15, -0.1) is 0 Å². The number of carbonyl (C=O) groups excluding carboxylic acids is 3. The van der Waals surface area contributed by atoms with Crippen molar-refractivity contribution in [3.8, 4) is 0 Å². The van der Waals surface area contributed by atoms with Crippen LogP contribution in [-0.4, -0.2) is 57.1 Å². The topological polar surface area (TPSA) is 138 Å². The summed E-state index contributed by atoms with van der Waals surface area (Å²) in [7, 11) is 0. The summed E-state index contributed by atoms with van der Waals surface area (Å²) < 4.78 is 5.19.